The molecular weight excluding hydrogens is 277 g/mol. The Morgan fingerprint density at radius 2 is 2.12 bits per heavy atom. The van der Waals surface area contributed by atoms with Gasteiger partial charge in [0, 0.05) is 10.6 Å². The number of nitrogens with two attached hydrogens (primary N) is 1. The first-order chi connectivity index (χ1) is 7.72. The fourth-order valence-corrected chi connectivity index (χ4v) is 2.46. The van der Waals surface area contributed by atoms with E-state index in [1.165, 1.54) is 0 Å². The van der Waals surface area contributed by atoms with Crippen LogP contribution in [0.5, 0.6) is 5.75 Å². The standard InChI is InChI=1S/C12H12ClNOS.ClH/c1-15-11-3-2-9(13)6-10(11)12(14)8-4-5-16-7-8;/h2-7,12H,14H2,1H3;1H/t12-;/m0./s1. The molecule has 0 saturated carbocycles. The van der Waals surface area contributed by atoms with E-state index in [0.29, 0.717) is 5.02 Å². The third kappa shape index (κ3) is 3.13. The maximum absolute atomic E-state index is 6.17. The summed E-state index contributed by atoms with van der Waals surface area (Å²) in [6, 6.07) is 7.30. The minimum atomic E-state index is -0.195. The second kappa shape index (κ2) is 6.26. The van der Waals surface area contributed by atoms with Crippen LogP contribution in [0.3, 0.4) is 0 Å². The van der Waals surface area contributed by atoms with Crippen molar-refractivity contribution in [3.8, 4) is 5.75 Å². The molecule has 2 rings (SSSR count). The second-order valence-corrected chi connectivity index (χ2v) is 4.64. The molecule has 0 spiro atoms. The van der Waals surface area contributed by atoms with Crippen molar-refractivity contribution in [2.75, 3.05) is 7.11 Å². The van der Waals surface area contributed by atoms with Crippen LogP contribution in [-0.2, 0) is 0 Å². The van der Waals surface area contributed by atoms with Crippen LogP contribution in [0.25, 0.3) is 0 Å². The Labute approximate surface area is 116 Å². The number of hydrogen-bond donors (Lipinski definition) is 1. The molecule has 0 radical (unpaired) electrons. The summed E-state index contributed by atoms with van der Waals surface area (Å²) in [5.74, 6) is 0.767. The lowest BCUT2D eigenvalue weighted by atomic mass is 10.0. The minimum absolute atomic E-state index is 0. The van der Waals surface area contributed by atoms with Gasteiger partial charge in [-0.2, -0.15) is 11.3 Å². The van der Waals surface area contributed by atoms with E-state index < -0.39 is 0 Å². The van der Waals surface area contributed by atoms with E-state index in [2.05, 4.69) is 0 Å². The van der Waals surface area contributed by atoms with Crippen LogP contribution in [0.4, 0.5) is 0 Å². The van der Waals surface area contributed by atoms with E-state index in [1.54, 1.807) is 24.5 Å². The topological polar surface area (TPSA) is 35.2 Å². The molecule has 2 N–H and O–H groups in total. The molecule has 0 fully saturated rings. The van der Waals surface area contributed by atoms with Gasteiger partial charge in [-0.3, -0.25) is 0 Å². The zero-order valence-electron chi connectivity index (χ0n) is 9.22. The summed E-state index contributed by atoms with van der Waals surface area (Å²) >= 11 is 7.60. The zero-order valence-corrected chi connectivity index (χ0v) is 11.6. The lowest BCUT2D eigenvalue weighted by molar-refractivity contribution is 0.408. The fraction of sp³-hybridized carbons (Fsp3) is 0.167. The highest BCUT2D eigenvalue weighted by atomic mass is 35.5. The molecule has 2 nitrogen and oxygen atoms in total. The van der Waals surface area contributed by atoms with E-state index in [1.807, 2.05) is 29.0 Å². The molecule has 1 aromatic heterocycles. The van der Waals surface area contributed by atoms with Gasteiger partial charge in [-0.1, -0.05) is 11.6 Å². The number of benzene rings is 1. The predicted octanol–water partition coefficient (Wildman–Crippen LogP) is 3.88. The Bertz CT molecular complexity index is 473. The first kappa shape index (κ1) is 14.3. The third-order valence-electron chi connectivity index (χ3n) is 2.43. The highest BCUT2D eigenvalue weighted by molar-refractivity contribution is 7.08. The zero-order chi connectivity index (χ0) is 11.5. The van der Waals surface area contributed by atoms with Gasteiger partial charge in [-0.25, -0.2) is 0 Å². The Balaban J connectivity index is 0.00000144. The molecule has 0 aliphatic rings. The fourth-order valence-electron chi connectivity index (χ4n) is 1.58. The van der Waals surface area contributed by atoms with Crippen molar-refractivity contribution in [1.82, 2.24) is 0 Å². The van der Waals surface area contributed by atoms with Crippen LogP contribution >= 0.6 is 35.3 Å². The van der Waals surface area contributed by atoms with Crippen molar-refractivity contribution in [3.63, 3.8) is 0 Å². The normalized spacial score (nSPS) is 11.7. The Morgan fingerprint density at radius 3 is 2.71 bits per heavy atom. The average molecular weight is 290 g/mol. The number of methoxy groups -OCH3 is 1. The summed E-state index contributed by atoms with van der Waals surface area (Å²) in [5.41, 5.74) is 8.16. The maximum atomic E-state index is 6.17. The minimum Gasteiger partial charge on any atom is -0.496 e. The molecule has 0 bridgehead atoms. The summed E-state index contributed by atoms with van der Waals surface area (Å²) < 4.78 is 5.28. The molecule has 0 aliphatic carbocycles. The van der Waals surface area contributed by atoms with E-state index in [0.717, 1.165) is 16.9 Å². The van der Waals surface area contributed by atoms with Crippen molar-refractivity contribution < 1.29 is 4.74 Å². The Morgan fingerprint density at radius 1 is 1.35 bits per heavy atom. The number of thiophene rings is 1. The number of hydrogen-bond acceptors (Lipinski definition) is 3. The molecule has 17 heavy (non-hydrogen) atoms. The van der Waals surface area contributed by atoms with Crippen molar-refractivity contribution >= 4 is 35.3 Å². The Kier molecular flexibility index (Phi) is 5.28. The lowest BCUT2D eigenvalue weighted by Gasteiger charge is -2.15. The summed E-state index contributed by atoms with van der Waals surface area (Å²) in [5, 5.41) is 4.71. The van der Waals surface area contributed by atoms with Crippen LogP contribution in [0.15, 0.2) is 35.0 Å². The van der Waals surface area contributed by atoms with E-state index in [-0.39, 0.29) is 18.4 Å². The molecule has 0 saturated heterocycles. The van der Waals surface area contributed by atoms with E-state index in [9.17, 15) is 0 Å². The van der Waals surface area contributed by atoms with Crippen molar-refractivity contribution in [2.24, 2.45) is 5.73 Å². The first-order valence-electron chi connectivity index (χ1n) is 4.83. The van der Waals surface area contributed by atoms with Gasteiger partial charge >= 0.3 is 0 Å². The molecule has 5 heteroatoms. The number of ether oxygens (including phenoxy) is 1. The average Bonchev–Trinajstić information content (AvgIpc) is 2.81. The van der Waals surface area contributed by atoms with Crippen LogP contribution in [0.1, 0.15) is 17.2 Å². The molecule has 0 aliphatic heterocycles. The first-order valence-corrected chi connectivity index (χ1v) is 6.15. The van der Waals surface area contributed by atoms with Crippen molar-refractivity contribution in [1.29, 1.82) is 0 Å². The largest absolute Gasteiger partial charge is 0.496 e. The van der Waals surface area contributed by atoms with Gasteiger partial charge in [0.15, 0.2) is 0 Å². The maximum Gasteiger partial charge on any atom is 0.124 e. The smallest absolute Gasteiger partial charge is 0.124 e. The molecule has 0 amide bonds. The van der Waals surface area contributed by atoms with E-state index >= 15 is 0 Å². The van der Waals surface area contributed by atoms with Crippen LogP contribution < -0.4 is 10.5 Å². The number of rotatable bonds is 3. The quantitative estimate of drug-likeness (QED) is 0.931. The predicted molar refractivity (Wildman–Crippen MR) is 75.6 cm³/mol. The lowest BCUT2D eigenvalue weighted by Crippen LogP contribution is -2.12. The second-order valence-electron chi connectivity index (χ2n) is 3.42. The van der Waals surface area contributed by atoms with Crippen molar-refractivity contribution in [3.05, 3.63) is 51.2 Å². The SMILES string of the molecule is COc1ccc(Cl)cc1[C@@H](N)c1ccsc1.Cl. The van der Waals surface area contributed by atoms with Gasteiger partial charge in [-0.05, 0) is 40.6 Å². The van der Waals surface area contributed by atoms with Crippen LogP contribution in [-0.4, -0.2) is 7.11 Å². The van der Waals surface area contributed by atoms with Gasteiger partial charge in [-0.15, -0.1) is 12.4 Å². The highest BCUT2D eigenvalue weighted by Crippen LogP contribution is 2.31. The summed E-state index contributed by atoms with van der Waals surface area (Å²) in [6.45, 7) is 0. The molecule has 92 valence electrons. The Hall–Kier alpha value is -0.740. The number of halogens is 2. The molecular formula is C12H13Cl2NOS. The summed E-state index contributed by atoms with van der Waals surface area (Å²) in [4.78, 5) is 0. The molecule has 1 heterocycles. The van der Waals surface area contributed by atoms with E-state index in [4.69, 9.17) is 22.1 Å². The molecule has 1 aromatic carbocycles. The van der Waals surface area contributed by atoms with Crippen LogP contribution in [0.2, 0.25) is 5.02 Å². The highest BCUT2D eigenvalue weighted by Gasteiger charge is 2.14. The van der Waals surface area contributed by atoms with Gasteiger partial charge in [0.25, 0.3) is 0 Å². The van der Waals surface area contributed by atoms with Crippen molar-refractivity contribution in [2.45, 2.75) is 6.04 Å². The van der Waals surface area contributed by atoms with Gasteiger partial charge in [0.1, 0.15) is 5.75 Å². The molecule has 1 atom stereocenters. The molecule has 2 aromatic rings. The van der Waals surface area contributed by atoms with Gasteiger partial charge < -0.3 is 10.5 Å². The third-order valence-corrected chi connectivity index (χ3v) is 3.37. The van der Waals surface area contributed by atoms with Gasteiger partial charge in [0.2, 0.25) is 0 Å². The summed E-state index contributed by atoms with van der Waals surface area (Å²) in [7, 11) is 1.63. The summed E-state index contributed by atoms with van der Waals surface area (Å²) in [6.07, 6.45) is 0. The van der Waals surface area contributed by atoms with Gasteiger partial charge in [0.05, 0.1) is 13.2 Å². The monoisotopic (exact) mass is 289 g/mol. The van der Waals surface area contributed by atoms with Crippen LogP contribution in [0, 0.1) is 0 Å². The molecule has 0 unspecified atom stereocenters.